The maximum atomic E-state index is 5.36. The number of nitrogens with one attached hydrogen (secondary N) is 1. The standard InChI is InChI=1S/C17H24N4O2/c1-20-12-18-9-15(20)10-19-13-4-5-21(11-13)14-6-16(22-2)8-17(7-14)23-3/h6-9,12-13,19H,4-5,10-11H2,1-3H3. The van der Waals surface area contributed by atoms with Crippen LogP contribution in [-0.2, 0) is 13.6 Å². The molecule has 6 nitrogen and oxygen atoms in total. The molecule has 0 radical (unpaired) electrons. The summed E-state index contributed by atoms with van der Waals surface area (Å²) in [5.74, 6) is 1.65. The summed E-state index contributed by atoms with van der Waals surface area (Å²) in [6, 6.07) is 6.50. The van der Waals surface area contributed by atoms with E-state index in [2.05, 4.69) is 27.3 Å². The molecule has 2 heterocycles. The Morgan fingerprint density at radius 1 is 1.22 bits per heavy atom. The molecule has 1 saturated heterocycles. The number of nitrogens with zero attached hydrogens (tertiary/aromatic N) is 3. The molecule has 0 amide bonds. The van der Waals surface area contributed by atoms with E-state index < -0.39 is 0 Å². The van der Waals surface area contributed by atoms with Gasteiger partial charge in [0.2, 0.25) is 0 Å². The molecule has 1 atom stereocenters. The minimum absolute atomic E-state index is 0.474. The average molecular weight is 316 g/mol. The van der Waals surface area contributed by atoms with Gasteiger partial charge in [-0.15, -0.1) is 0 Å². The van der Waals surface area contributed by atoms with Crippen LogP contribution in [0.3, 0.4) is 0 Å². The second-order valence-corrected chi connectivity index (χ2v) is 5.88. The van der Waals surface area contributed by atoms with Crippen LogP contribution in [0.25, 0.3) is 0 Å². The lowest BCUT2D eigenvalue weighted by molar-refractivity contribution is 0.394. The molecule has 0 aliphatic carbocycles. The molecule has 124 valence electrons. The van der Waals surface area contributed by atoms with E-state index in [1.807, 2.05) is 30.2 Å². The van der Waals surface area contributed by atoms with Gasteiger partial charge in [0.15, 0.2) is 0 Å². The third kappa shape index (κ3) is 3.59. The lowest BCUT2D eigenvalue weighted by Gasteiger charge is -2.20. The van der Waals surface area contributed by atoms with Crippen LogP contribution in [0.4, 0.5) is 5.69 Å². The first kappa shape index (κ1) is 15.7. The van der Waals surface area contributed by atoms with Crippen LogP contribution in [0.1, 0.15) is 12.1 Å². The lowest BCUT2D eigenvalue weighted by Crippen LogP contribution is -2.32. The van der Waals surface area contributed by atoms with Crippen LogP contribution < -0.4 is 19.7 Å². The number of hydrogen-bond acceptors (Lipinski definition) is 5. The van der Waals surface area contributed by atoms with Gasteiger partial charge in [0.05, 0.1) is 26.2 Å². The zero-order chi connectivity index (χ0) is 16.2. The molecule has 0 spiro atoms. The van der Waals surface area contributed by atoms with Crippen molar-refractivity contribution in [3.8, 4) is 11.5 Å². The molecule has 1 aromatic carbocycles. The fourth-order valence-electron chi connectivity index (χ4n) is 2.94. The highest BCUT2D eigenvalue weighted by Crippen LogP contribution is 2.30. The smallest absolute Gasteiger partial charge is 0.124 e. The van der Waals surface area contributed by atoms with Crippen molar-refractivity contribution in [3.63, 3.8) is 0 Å². The van der Waals surface area contributed by atoms with Crippen LogP contribution in [0.5, 0.6) is 11.5 Å². The normalized spacial score (nSPS) is 17.5. The van der Waals surface area contributed by atoms with Crippen molar-refractivity contribution in [2.45, 2.75) is 19.0 Å². The SMILES string of the molecule is COc1cc(OC)cc(N2CCC(NCc3cncn3C)C2)c1. The minimum atomic E-state index is 0.474. The van der Waals surface area contributed by atoms with Gasteiger partial charge in [0.25, 0.3) is 0 Å². The van der Waals surface area contributed by atoms with Crippen molar-refractivity contribution in [1.29, 1.82) is 0 Å². The highest BCUT2D eigenvalue weighted by Gasteiger charge is 2.23. The summed E-state index contributed by atoms with van der Waals surface area (Å²) < 4.78 is 12.8. The predicted molar refractivity (Wildman–Crippen MR) is 90.2 cm³/mol. The highest BCUT2D eigenvalue weighted by molar-refractivity contribution is 5.56. The zero-order valence-corrected chi connectivity index (χ0v) is 14.0. The van der Waals surface area contributed by atoms with Gasteiger partial charge in [-0.3, -0.25) is 0 Å². The summed E-state index contributed by atoms with van der Waals surface area (Å²) in [6.45, 7) is 2.85. The summed E-state index contributed by atoms with van der Waals surface area (Å²) in [7, 11) is 5.38. The molecule has 1 aliphatic rings. The van der Waals surface area contributed by atoms with E-state index >= 15 is 0 Å². The van der Waals surface area contributed by atoms with Crippen molar-refractivity contribution >= 4 is 5.69 Å². The summed E-state index contributed by atoms with van der Waals surface area (Å²) >= 11 is 0. The van der Waals surface area contributed by atoms with Gasteiger partial charge in [-0.25, -0.2) is 4.98 Å². The number of methoxy groups -OCH3 is 2. The number of imidazole rings is 1. The summed E-state index contributed by atoms with van der Waals surface area (Å²) in [4.78, 5) is 6.52. The van der Waals surface area contributed by atoms with Crippen molar-refractivity contribution < 1.29 is 9.47 Å². The van der Waals surface area contributed by atoms with Gasteiger partial charge >= 0.3 is 0 Å². The molecule has 1 fully saturated rings. The zero-order valence-electron chi connectivity index (χ0n) is 14.0. The first-order valence-corrected chi connectivity index (χ1v) is 7.86. The number of ether oxygens (including phenoxy) is 2. The third-order valence-corrected chi connectivity index (χ3v) is 4.38. The molecule has 1 aromatic heterocycles. The number of hydrogen-bond donors (Lipinski definition) is 1. The van der Waals surface area contributed by atoms with Gasteiger partial charge in [-0.2, -0.15) is 0 Å². The molecule has 1 N–H and O–H groups in total. The van der Waals surface area contributed by atoms with E-state index in [9.17, 15) is 0 Å². The van der Waals surface area contributed by atoms with E-state index in [1.54, 1.807) is 14.2 Å². The first-order chi connectivity index (χ1) is 11.2. The summed E-state index contributed by atoms with van der Waals surface area (Å²) in [6.07, 6.45) is 4.87. The van der Waals surface area contributed by atoms with E-state index in [1.165, 1.54) is 5.69 Å². The van der Waals surface area contributed by atoms with E-state index in [0.717, 1.165) is 43.2 Å². The van der Waals surface area contributed by atoms with Crippen molar-refractivity contribution in [3.05, 3.63) is 36.4 Å². The Balaban J connectivity index is 1.62. The van der Waals surface area contributed by atoms with Gasteiger partial charge < -0.3 is 24.3 Å². The van der Waals surface area contributed by atoms with E-state index in [0.29, 0.717) is 6.04 Å². The molecule has 1 unspecified atom stereocenters. The molecule has 6 heteroatoms. The minimum Gasteiger partial charge on any atom is -0.497 e. The number of rotatable bonds is 6. The fourth-order valence-corrected chi connectivity index (χ4v) is 2.94. The Kier molecular flexibility index (Phi) is 4.71. The fraction of sp³-hybridized carbons (Fsp3) is 0.471. The van der Waals surface area contributed by atoms with Crippen molar-refractivity contribution in [2.75, 3.05) is 32.2 Å². The molecule has 0 bridgehead atoms. The van der Waals surface area contributed by atoms with Gasteiger partial charge in [-0.05, 0) is 6.42 Å². The Morgan fingerprint density at radius 3 is 2.57 bits per heavy atom. The van der Waals surface area contributed by atoms with Crippen LogP contribution in [0, 0.1) is 0 Å². The third-order valence-electron chi connectivity index (χ3n) is 4.38. The van der Waals surface area contributed by atoms with Crippen LogP contribution >= 0.6 is 0 Å². The maximum Gasteiger partial charge on any atom is 0.124 e. The Hall–Kier alpha value is -2.21. The summed E-state index contributed by atoms with van der Waals surface area (Å²) in [5, 5.41) is 3.62. The van der Waals surface area contributed by atoms with Crippen LogP contribution in [0.15, 0.2) is 30.7 Å². The maximum absolute atomic E-state index is 5.36. The van der Waals surface area contributed by atoms with Gasteiger partial charge in [0.1, 0.15) is 11.5 Å². The quantitative estimate of drug-likeness (QED) is 0.881. The molecule has 3 rings (SSSR count). The molecule has 23 heavy (non-hydrogen) atoms. The predicted octanol–water partition coefficient (Wildman–Crippen LogP) is 1.81. The largest absolute Gasteiger partial charge is 0.497 e. The molecule has 0 saturated carbocycles. The number of benzene rings is 1. The molecular formula is C17H24N4O2. The number of aromatic nitrogens is 2. The van der Waals surface area contributed by atoms with Crippen LogP contribution in [-0.4, -0.2) is 42.9 Å². The van der Waals surface area contributed by atoms with Crippen molar-refractivity contribution in [2.24, 2.45) is 7.05 Å². The first-order valence-electron chi connectivity index (χ1n) is 7.86. The Morgan fingerprint density at radius 2 is 1.96 bits per heavy atom. The van der Waals surface area contributed by atoms with Crippen molar-refractivity contribution in [1.82, 2.24) is 14.9 Å². The topological polar surface area (TPSA) is 51.6 Å². The van der Waals surface area contributed by atoms with E-state index in [4.69, 9.17) is 9.47 Å². The second-order valence-electron chi connectivity index (χ2n) is 5.88. The number of anilines is 1. The van der Waals surface area contributed by atoms with Crippen LogP contribution in [0.2, 0.25) is 0 Å². The number of aryl methyl sites for hydroxylation is 1. The highest BCUT2D eigenvalue weighted by atomic mass is 16.5. The molecule has 2 aromatic rings. The Bertz CT molecular complexity index is 634. The second kappa shape index (κ2) is 6.91. The van der Waals surface area contributed by atoms with Gasteiger partial charge in [-0.1, -0.05) is 0 Å². The molecule has 1 aliphatic heterocycles. The average Bonchev–Trinajstić information content (AvgIpc) is 3.21. The Labute approximate surface area is 137 Å². The van der Waals surface area contributed by atoms with Gasteiger partial charge in [0, 0.05) is 62.8 Å². The summed E-state index contributed by atoms with van der Waals surface area (Å²) in [5.41, 5.74) is 2.34. The van der Waals surface area contributed by atoms with E-state index in [-0.39, 0.29) is 0 Å². The monoisotopic (exact) mass is 316 g/mol. The molecular weight excluding hydrogens is 292 g/mol. The lowest BCUT2D eigenvalue weighted by atomic mass is 10.2.